The first-order valence-corrected chi connectivity index (χ1v) is 8.65. The van der Waals surface area contributed by atoms with Crippen molar-refractivity contribution >= 4 is 17.6 Å². The van der Waals surface area contributed by atoms with Gasteiger partial charge in [-0.25, -0.2) is 18.6 Å². The highest BCUT2D eigenvalue weighted by Crippen LogP contribution is 2.24. The smallest absolute Gasteiger partial charge is 0.356 e. The van der Waals surface area contributed by atoms with Crippen LogP contribution in [0.25, 0.3) is 0 Å². The Balaban J connectivity index is 1.82. The molecule has 0 saturated carbocycles. The number of halogens is 3. The van der Waals surface area contributed by atoms with E-state index in [1.54, 1.807) is 6.92 Å². The van der Waals surface area contributed by atoms with Gasteiger partial charge in [-0.15, -0.1) is 0 Å². The highest BCUT2D eigenvalue weighted by atomic mass is 35.5. The Hall–Kier alpha value is -3.33. The quantitative estimate of drug-likeness (QED) is 0.656. The molecule has 2 aromatic heterocycles. The lowest BCUT2D eigenvalue weighted by molar-refractivity contribution is 0.0690. The van der Waals surface area contributed by atoms with Gasteiger partial charge in [0, 0.05) is 23.4 Å². The third-order valence-electron chi connectivity index (χ3n) is 4.06. The second-order valence-electron chi connectivity index (χ2n) is 6.08. The third-order valence-corrected chi connectivity index (χ3v) is 4.41. The lowest BCUT2D eigenvalue weighted by atomic mass is 10.2. The van der Waals surface area contributed by atoms with Crippen LogP contribution >= 0.6 is 11.6 Å². The number of hydrogen-bond acceptors (Lipinski definition) is 5. The normalized spacial score (nSPS) is 10.8. The van der Waals surface area contributed by atoms with E-state index < -0.39 is 23.2 Å². The van der Waals surface area contributed by atoms with Crippen LogP contribution in [0.15, 0.2) is 41.5 Å². The molecule has 1 N–H and O–H groups in total. The summed E-state index contributed by atoms with van der Waals surface area (Å²) in [7, 11) is 0. The van der Waals surface area contributed by atoms with Crippen molar-refractivity contribution in [2.75, 3.05) is 0 Å². The van der Waals surface area contributed by atoms with Crippen molar-refractivity contribution in [3.63, 3.8) is 0 Å². The number of benzene rings is 1. The summed E-state index contributed by atoms with van der Waals surface area (Å²) in [6.07, 6.45) is 2.35. The molecule has 0 radical (unpaired) electrons. The van der Waals surface area contributed by atoms with Gasteiger partial charge in [-0.3, -0.25) is 9.78 Å². The number of ether oxygens (including phenoxy) is 1. The van der Waals surface area contributed by atoms with E-state index in [-0.39, 0.29) is 35.2 Å². The van der Waals surface area contributed by atoms with Crippen molar-refractivity contribution in [1.29, 1.82) is 0 Å². The Morgan fingerprint density at radius 3 is 2.62 bits per heavy atom. The largest absolute Gasteiger partial charge is 0.487 e. The molecule has 0 aliphatic rings. The maximum atomic E-state index is 13.7. The van der Waals surface area contributed by atoms with E-state index in [0.29, 0.717) is 11.4 Å². The van der Waals surface area contributed by atoms with Crippen molar-refractivity contribution in [2.24, 2.45) is 0 Å². The fraction of sp³-hybridized carbons (Fsp3) is 0.158. The lowest BCUT2D eigenvalue weighted by Crippen LogP contribution is -2.24. The summed E-state index contributed by atoms with van der Waals surface area (Å²) in [6, 6.07) is 4.58. The topological polar surface area (TPSA) is 94.3 Å². The molecule has 2 heterocycles. The monoisotopic (exact) mass is 421 g/mol. The molecule has 0 unspecified atom stereocenters. The second-order valence-corrected chi connectivity index (χ2v) is 6.46. The molecule has 0 bridgehead atoms. The highest BCUT2D eigenvalue weighted by molar-refractivity contribution is 6.31. The first-order chi connectivity index (χ1) is 13.8. The predicted octanol–water partition coefficient (Wildman–Crippen LogP) is 3.20. The van der Waals surface area contributed by atoms with Crippen molar-refractivity contribution in [2.45, 2.75) is 20.1 Å². The van der Waals surface area contributed by atoms with Gasteiger partial charge >= 0.3 is 5.97 Å². The molecule has 3 aromatic rings. The maximum Gasteiger partial charge on any atom is 0.356 e. The summed E-state index contributed by atoms with van der Waals surface area (Å²) in [6.45, 7) is 1.42. The van der Waals surface area contributed by atoms with E-state index in [0.717, 1.165) is 18.3 Å². The molecule has 0 aliphatic heterocycles. The van der Waals surface area contributed by atoms with Crippen LogP contribution in [0.4, 0.5) is 8.78 Å². The zero-order valence-electron chi connectivity index (χ0n) is 15.0. The minimum absolute atomic E-state index is 0.0180. The number of aromatic nitrogens is 3. The molecular weight excluding hydrogens is 408 g/mol. The molecule has 7 nitrogen and oxygen atoms in total. The van der Waals surface area contributed by atoms with Crippen LogP contribution in [0.2, 0.25) is 5.02 Å². The van der Waals surface area contributed by atoms with Gasteiger partial charge in [0.1, 0.15) is 29.0 Å². The van der Waals surface area contributed by atoms with E-state index in [1.165, 1.54) is 22.9 Å². The van der Waals surface area contributed by atoms with Crippen LogP contribution in [-0.2, 0) is 13.2 Å². The molecule has 0 saturated heterocycles. The zero-order chi connectivity index (χ0) is 21.1. The van der Waals surface area contributed by atoms with E-state index >= 15 is 0 Å². The standard InChI is InChI=1S/C19H14ClF2N3O4/c1-10-4-16(29-9-11-2-3-12(21)5-14(11)22)17(20)18(26)25(10)8-13-6-24-15(7-23-13)19(27)28/h2-7H,8-9H2,1H3,(H,27,28). The van der Waals surface area contributed by atoms with Crippen LogP contribution < -0.4 is 10.3 Å². The van der Waals surface area contributed by atoms with Crippen LogP contribution in [0.5, 0.6) is 5.75 Å². The zero-order valence-corrected chi connectivity index (χ0v) is 15.8. The number of aryl methyl sites for hydroxylation is 1. The van der Waals surface area contributed by atoms with Gasteiger partial charge in [0.25, 0.3) is 5.56 Å². The molecule has 10 heteroatoms. The van der Waals surface area contributed by atoms with Gasteiger partial charge < -0.3 is 14.4 Å². The van der Waals surface area contributed by atoms with Gasteiger partial charge in [0.05, 0.1) is 24.6 Å². The number of rotatable bonds is 6. The Morgan fingerprint density at radius 2 is 2.00 bits per heavy atom. The van der Waals surface area contributed by atoms with E-state index in [2.05, 4.69) is 9.97 Å². The van der Waals surface area contributed by atoms with Gasteiger partial charge in [-0.05, 0) is 19.1 Å². The van der Waals surface area contributed by atoms with E-state index in [4.69, 9.17) is 21.4 Å². The summed E-state index contributed by atoms with van der Waals surface area (Å²) >= 11 is 6.11. The first kappa shape index (κ1) is 20.4. The van der Waals surface area contributed by atoms with Gasteiger partial charge in [-0.1, -0.05) is 11.6 Å². The summed E-state index contributed by atoms with van der Waals surface area (Å²) in [4.78, 5) is 31.2. The average molecular weight is 422 g/mol. The second kappa shape index (κ2) is 8.36. The number of nitrogens with zero attached hydrogens (tertiary/aromatic N) is 3. The van der Waals surface area contributed by atoms with Crippen molar-refractivity contribution in [3.8, 4) is 5.75 Å². The lowest BCUT2D eigenvalue weighted by Gasteiger charge is -2.14. The van der Waals surface area contributed by atoms with E-state index in [1.807, 2.05) is 0 Å². The van der Waals surface area contributed by atoms with Crippen LogP contribution in [0.1, 0.15) is 27.4 Å². The van der Waals surface area contributed by atoms with Crippen LogP contribution in [0.3, 0.4) is 0 Å². The summed E-state index contributed by atoms with van der Waals surface area (Å²) in [5, 5.41) is 8.64. The molecule has 0 spiro atoms. The third kappa shape index (κ3) is 4.57. The predicted molar refractivity (Wildman–Crippen MR) is 99.2 cm³/mol. The minimum atomic E-state index is -1.21. The van der Waals surface area contributed by atoms with Crippen LogP contribution in [-0.4, -0.2) is 25.6 Å². The Bertz CT molecular complexity index is 1130. The number of aromatic carboxylic acids is 1. The molecule has 0 amide bonds. The molecule has 0 fully saturated rings. The number of carbonyl (C=O) groups is 1. The SMILES string of the molecule is Cc1cc(OCc2ccc(F)cc2F)c(Cl)c(=O)n1Cc1cnc(C(=O)O)cn1. The van der Waals surface area contributed by atoms with Crippen molar-refractivity contribution < 1.29 is 23.4 Å². The molecule has 150 valence electrons. The van der Waals surface area contributed by atoms with E-state index in [9.17, 15) is 18.4 Å². The fourth-order valence-corrected chi connectivity index (χ4v) is 2.73. The maximum absolute atomic E-state index is 13.7. The first-order valence-electron chi connectivity index (χ1n) is 8.27. The minimum Gasteiger partial charge on any atom is -0.487 e. The van der Waals surface area contributed by atoms with Crippen molar-refractivity contribution in [1.82, 2.24) is 14.5 Å². The number of hydrogen-bond donors (Lipinski definition) is 1. The van der Waals surface area contributed by atoms with Gasteiger partial charge in [-0.2, -0.15) is 0 Å². The Labute approximate surface area is 168 Å². The molecule has 3 rings (SSSR count). The highest BCUT2D eigenvalue weighted by Gasteiger charge is 2.15. The number of carboxylic acids is 1. The van der Waals surface area contributed by atoms with Gasteiger partial charge in [0.2, 0.25) is 0 Å². The molecule has 0 atom stereocenters. The Morgan fingerprint density at radius 1 is 1.24 bits per heavy atom. The van der Waals surface area contributed by atoms with Gasteiger partial charge in [0.15, 0.2) is 5.69 Å². The molecular formula is C19H14ClF2N3O4. The average Bonchev–Trinajstić information content (AvgIpc) is 2.68. The Kier molecular flexibility index (Phi) is 5.88. The number of carboxylic acid groups (broad SMARTS) is 1. The molecule has 0 aliphatic carbocycles. The fourth-order valence-electron chi connectivity index (χ4n) is 2.52. The summed E-state index contributed by atoms with van der Waals surface area (Å²) in [5.74, 6) is -2.63. The van der Waals surface area contributed by atoms with Crippen LogP contribution in [0, 0.1) is 18.6 Å². The number of pyridine rings is 1. The van der Waals surface area contributed by atoms with Crippen molar-refractivity contribution in [3.05, 3.63) is 86.3 Å². The molecule has 1 aromatic carbocycles. The summed E-state index contributed by atoms with van der Waals surface area (Å²) < 4.78 is 33.5. The molecule has 29 heavy (non-hydrogen) atoms. The summed E-state index contributed by atoms with van der Waals surface area (Å²) in [5.41, 5.74) is 0.174.